The summed E-state index contributed by atoms with van der Waals surface area (Å²) in [7, 11) is 0. The third-order valence-corrected chi connectivity index (χ3v) is 5.38. The Labute approximate surface area is 170 Å². The Balaban J connectivity index is 1.64. The highest BCUT2D eigenvalue weighted by Gasteiger charge is 2.21. The maximum Gasteiger partial charge on any atom is 0.259 e. The molecule has 1 aromatic heterocycles. The smallest absolute Gasteiger partial charge is 0.259 e. The molecule has 1 amide bonds. The number of hydrogen-bond donors (Lipinski definition) is 2. The summed E-state index contributed by atoms with van der Waals surface area (Å²) in [5, 5.41) is 6.51. The second-order valence-corrected chi connectivity index (χ2v) is 7.90. The summed E-state index contributed by atoms with van der Waals surface area (Å²) >= 11 is 5.81. The van der Waals surface area contributed by atoms with Crippen molar-refractivity contribution in [2.24, 2.45) is 5.92 Å². The van der Waals surface area contributed by atoms with Crippen molar-refractivity contribution in [1.82, 2.24) is 9.88 Å². The summed E-state index contributed by atoms with van der Waals surface area (Å²) in [6.07, 6.45) is 3.68. The number of carbonyl (C=O) groups excluding carboxylic acids is 1. The fourth-order valence-electron chi connectivity index (χ4n) is 3.42. The minimum absolute atomic E-state index is 0.261. The van der Waals surface area contributed by atoms with Gasteiger partial charge < -0.3 is 15.5 Å². The summed E-state index contributed by atoms with van der Waals surface area (Å²) in [5.41, 5.74) is 0.885. The zero-order valence-electron chi connectivity index (χ0n) is 16.2. The number of likely N-dealkylation sites (tertiary alicyclic amines) is 1. The first-order chi connectivity index (χ1) is 13.4. The summed E-state index contributed by atoms with van der Waals surface area (Å²) < 4.78 is 13.8. The lowest BCUT2D eigenvalue weighted by molar-refractivity contribution is 0.102. The number of amides is 1. The molecule has 5 nitrogen and oxygen atoms in total. The van der Waals surface area contributed by atoms with E-state index in [1.165, 1.54) is 18.3 Å². The Morgan fingerprint density at radius 3 is 2.68 bits per heavy atom. The van der Waals surface area contributed by atoms with Gasteiger partial charge in [-0.15, -0.1) is 0 Å². The molecule has 0 spiro atoms. The number of aromatic nitrogens is 1. The van der Waals surface area contributed by atoms with E-state index in [-0.39, 0.29) is 5.56 Å². The van der Waals surface area contributed by atoms with E-state index in [4.69, 9.17) is 11.6 Å². The van der Waals surface area contributed by atoms with Crippen molar-refractivity contribution in [2.75, 3.05) is 30.3 Å². The largest absolute Gasteiger partial charge is 0.384 e. The summed E-state index contributed by atoms with van der Waals surface area (Å²) in [5.74, 6) is 0.0380. The molecule has 28 heavy (non-hydrogen) atoms. The third-order valence-electron chi connectivity index (χ3n) is 5.16. The second-order valence-electron chi connectivity index (χ2n) is 7.46. The summed E-state index contributed by atoms with van der Waals surface area (Å²) in [6.45, 7) is 7.37. The average molecular weight is 405 g/mol. The predicted molar refractivity (Wildman–Crippen MR) is 112 cm³/mol. The molecule has 3 rings (SSSR count). The molecule has 2 N–H and O–H groups in total. The van der Waals surface area contributed by atoms with Crippen molar-refractivity contribution in [1.29, 1.82) is 0 Å². The third kappa shape index (κ3) is 5.42. The van der Waals surface area contributed by atoms with Gasteiger partial charge in [0.05, 0.1) is 10.6 Å². The Bertz CT molecular complexity index is 805. The first kappa shape index (κ1) is 20.6. The molecule has 1 fully saturated rings. The number of benzene rings is 1. The number of carbonyl (C=O) groups is 1. The minimum Gasteiger partial charge on any atom is -0.384 e. The van der Waals surface area contributed by atoms with Gasteiger partial charge in [0, 0.05) is 24.5 Å². The van der Waals surface area contributed by atoms with Crippen LogP contribution in [0.1, 0.15) is 37.0 Å². The van der Waals surface area contributed by atoms with Crippen molar-refractivity contribution < 1.29 is 9.18 Å². The van der Waals surface area contributed by atoms with Gasteiger partial charge >= 0.3 is 0 Å². The SMILES string of the molecule is CC(C)N1CCC(CNc2ccc(F)cc2C(=O)Nc2ccc(Cl)cn2)CC1. The number of rotatable bonds is 6. The fourth-order valence-corrected chi connectivity index (χ4v) is 3.53. The van der Waals surface area contributed by atoms with Gasteiger partial charge in [0.1, 0.15) is 11.6 Å². The molecule has 0 radical (unpaired) electrons. The summed E-state index contributed by atoms with van der Waals surface area (Å²) in [4.78, 5) is 19.2. The first-order valence-corrected chi connectivity index (χ1v) is 10.0. The minimum atomic E-state index is -0.454. The van der Waals surface area contributed by atoms with Crippen LogP contribution in [0.15, 0.2) is 36.5 Å². The molecule has 2 heterocycles. The second kappa shape index (κ2) is 9.34. The molecular formula is C21H26ClFN4O. The molecular weight excluding hydrogens is 379 g/mol. The van der Waals surface area contributed by atoms with Crippen molar-refractivity contribution in [3.05, 3.63) is 52.9 Å². The van der Waals surface area contributed by atoms with E-state index >= 15 is 0 Å². The average Bonchev–Trinajstić information content (AvgIpc) is 2.69. The molecule has 1 saturated heterocycles. The summed E-state index contributed by atoms with van der Waals surface area (Å²) in [6, 6.07) is 8.04. The molecule has 0 atom stereocenters. The lowest BCUT2D eigenvalue weighted by atomic mass is 9.95. The molecule has 0 unspecified atom stereocenters. The van der Waals surface area contributed by atoms with E-state index in [1.807, 2.05) is 0 Å². The molecule has 1 aliphatic heterocycles. The van der Waals surface area contributed by atoms with Gasteiger partial charge in [0.25, 0.3) is 5.91 Å². The topological polar surface area (TPSA) is 57.3 Å². The molecule has 1 aromatic carbocycles. The number of nitrogens with one attached hydrogen (secondary N) is 2. The number of piperidine rings is 1. The van der Waals surface area contributed by atoms with Crippen LogP contribution in [-0.4, -0.2) is 41.5 Å². The number of pyridine rings is 1. The van der Waals surface area contributed by atoms with E-state index in [0.717, 1.165) is 32.5 Å². The van der Waals surface area contributed by atoms with Gasteiger partial charge in [-0.2, -0.15) is 0 Å². The highest BCUT2D eigenvalue weighted by molar-refractivity contribution is 6.30. The highest BCUT2D eigenvalue weighted by Crippen LogP contribution is 2.23. The number of anilines is 2. The van der Waals surface area contributed by atoms with Crippen LogP contribution in [0.2, 0.25) is 5.02 Å². The quantitative estimate of drug-likeness (QED) is 0.735. The van der Waals surface area contributed by atoms with E-state index in [9.17, 15) is 9.18 Å². The van der Waals surface area contributed by atoms with Crippen molar-refractivity contribution in [2.45, 2.75) is 32.7 Å². The lowest BCUT2D eigenvalue weighted by Gasteiger charge is -2.34. The van der Waals surface area contributed by atoms with Crippen molar-refractivity contribution >= 4 is 29.0 Å². The highest BCUT2D eigenvalue weighted by atomic mass is 35.5. The van der Waals surface area contributed by atoms with Gasteiger partial charge in [-0.3, -0.25) is 4.79 Å². The lowest BCUT2D eigenvalue weighted by Crippen LogP contribution is -2.39. The van der Waals surface area contributed by atoms with Crippen LogP contribution in [0.5, 0.6) is 0 Å². The Hall–Kier alpha value is -2.18. The number of hydrogen-bond acceptors (Lipinski definition) is 4. The van der Waals surface area contributed by atoms with E-state index in [1.54, 1.807) is 18.2 Å². The van der Waals surface area contributed by atoms with Crippen molar-refractivity contribution in [3.8, 4) is 0 Å². The van der Waals surface area contributed by atoms with Crippen LogP contribution in [0.4, 0.5) is 15.9 Å². The molecule has 0 aliphatic carbocycles. The van der Waals surface area contributed by atoms with Gasteiger partial charge in [0.15, 0.2) is 0 Å². The van der Waals surface area contributed by atoms with Gasteiger partial charge in [-0.05, 0) is 76.0 Å². The van der Waals surface area contributed by atoms with Crippen LogP contribution in [-0.2, 0) is 0 Å². The first-order valence-electron chi connectivity index (χ1n) is 9.62. The molecule has 1 aliphatic rings. The fraction of sp³-hybridized carbons (Fsp3) is 0.429. The number of nitrogens with zero attached hydrogens (tertiary/aromatic N) is 2. The maximum absolute atomic E-state index is 13.8. The Morgan fingerprint density at radius 2 is 2.04 bits per heavy atom. The molecule has 0 saturated carbocycles. The molecule has 2 aromatic rings. The van der Waals surface area contributed by atoms with Crippen molar-refractivity contribution in [3.63, 3.8) is 0 Å². The van der Waals surface area contributed by atoms with Crippen LogP contribution in [0.25, 0.3) is 0 Å². The molecule has 150 valence electrons. The maximum atomic E-state index is 13.8. The van der Waals surface area contributed by atoms with Gasteiger partial charge in [0.2, 0.25) is 0 Å². The monoisotopic (exact) mass is 404 g/mol. The predicted octanol–water partition coefficient (Wildman–Crippen LogP) is 4.66. The van der Waals surface area contributed by atoms with Gasteiger partial charge in [-0.25, -0.2) is 9.37 Å². The Morgan fingerprint density at radius 1 is 1.29 bits per heavy atom. The zero-order chi connectivity index (χ0) is 20.1. The standard InChI is InChI=1S/C21H26ClFN4O/c1-14(2)27-9-7-15(8-10-27)12-24-19-5-4-17(23)11-18(19)21(28)26-20-6-3-16(22)13-25-20/h3-6,11,13-15,24H,7-10,12H2,1-2H3,(H,25,26,28). The van der Waals surface area contributed by atoms with Crippen LogP contribution < -0.4 is 10.6 Å². The normalized spacial score (nSPS) is 15.6. The van der Waals surface area contributed by atoms with Gasteiger partial charge in [-0.1, -0.05) is 11.6 Å². The Kier molecular flexibility index (Phi) is 6.86. The molecule has 0 bridgehead atoms. The van der Waals surface area contributed by atoms with E-state index < -0.39 is 11.7 Å². The number of halogens is 2. The van der Waals surface area contributed by atoms with Crippen LogP contribution >= 0.6 is 11.6 Å². The van der Waals surface area contributed by atoms with E-state index in [2.05, 4.69) is 34.4 Å². The molecule has 7 heteroatoms. The van der Waals surface area contributed by atoms with Crippen LogP contribution in [0.3, 0.4) is 0 Å². The van der Waals surface area contributed by atoms with Crippen LogP contribution in [0, 0.1) is 11.7 Å². The zero-order valence-corrected chi connectivity index (χ0v) is 17.0. The van der Waals surface area contributed by atoms with E-state index in [0.29, 0.717) is 28.5 Å².